The summed E-state index contributed by atoms with van der Waals surface area (Å²) in [7, 11) is 1.77. The van der Waals surface area contributed by atoms with Crippen LogP contribution in [0.5, 0.6) is 0 Å². The van der Waals surface area contributed by atoms with Gasteiger partial charge >= 0.3 is 6.98 Å². The predicted molar refractivity (Wildman–Crippen MR) is 62.3 cm³/mol. The summed E-state index contributed by atoms with van der Waals surface area (Å²) >= 11 is 0. The highest BCUT2D eigenvalue weighted by molar-refractivity contribution is 6.66. The molecule has 0 amide bonds. The van der Waals surface area contributed by atoms with Crippen LogP contribution >= 0.6 is 0 Å². The van der Waals surface area contributed by atoms with Gasteiger partial charge in [0.05, 0.1) is 0 Å². The van der Waals surface area contributed by atoms with Crippen LogP contribution in [0.25, 0.3) is 0 Å². The van der Waals surface area contributed by atoms with Crippen LogP contribution in [0.1, 0.15) is 32.6 Å². The van der Waals surface area contributed by atoms with E-state index in [0.717, 1.165) is 19.3 Å². The zero-order valence-electron chi connectivity index (χ0n) is 10.1. The lowest BCUT2D eigenvalue weighted by Gasteiger charge is -2.36. The summed E-state index contributed by atoms with van der Waals surface area (Å²) in [6.45, 7) is 0.391. The van der Waals surface area contributed by atoms with Crippen LogP contribution in [0, 0.1) is 5.92 Å². The zero-order chi connectivity index (χ0) is 12.3. The Bertz CT molecular complexity index is 252. The fourth-order valence-corrected chi connectivity index (χ4v) is 2.36. The molecule has 0 aromatic rings. The van der Waals surface area contributed by atoms with E-state index in [1.165, 1.54) is 6.42 Å². The van der Waals surface area contributed by atoms with E-state index in [4.69, 9.17) is 0 Å². The molecule has 0 saturated heterocycles. The van der Waals surface area contributed by atoms with Crippen molar-refractivity contribution in [1.82, 2.24) is 4.90 Å². The molecule has 94 valence electrons. The summed E-state index contributed by atoms with van der Waals surface area (Å²) in [5.41, 5.74) is -0.583. The largest absolute Gasteiger partial charge is 0.506 e. The van der Waals surface area contributed by atoms with Crippen molar-refractivity contribution in [1.29, 1.82) is 0 Å². The highest BCUT2D eigenvalue weighted by atomic mass is 19.4. The van der Waals surface area contributed by atoms with Crippen LogP contribution in [0.3, 0.4) is 0 Å². The minimum Gasteiger partial charge on any atom is -0.445 e. The molecule has 1 fully saturated rings. The highest BCUT2D eigenvalue weighted by Crippen LogP contribution is 2.28. The first kappa shape index (κ1) is 13.6. The highest BCUT2D eigenvalue weighted by Gasteiger charge is 2.29. The van der Waals surface area contributed by atoms with Crippen molar-refractivity contribution in [3.63, 3.8) is 0 Å². The molecule has 0 radical (unpaired) electrons. The summed E-state index contributed by atoms with van der Waals surface area (Å²) in [5.74, 6) is 0.630. The van der Waals surface area contributed by atoms with Gasteiger partial charge in [0.15, 0.2) is 0 Å². The number of halogens is 3. The minimum absolute atomic E-state index is 0.0408. The third-order valence-corrected chi connectivity index (χ3v) is 3.45. The Balaban J connectivity index is 2.45. The van der Waals surface area contributed by atoms with E-state index in [0.29, 0.717) is 12.0 Å². The third kappa shape index (κ3) is 3.85. The first-order valence-corrected chi connectivity index (χ1v) is 5.88. The van der Waals surface area contributed by atoms with Crippen LogP contribution in [-0.4, -0.2) is 31.5 Å². The maximum absolute atomic E-state index is 12.4. The van der Waals surface area contributed by atoms with Crippen LogP contribution in [0.4, 0.5) is 12.9 Å². The van der Waals surface area contributed by atoms with E-state index >= 15 is 0 Å². The fourth-order valence-electron chi connectivity index (χ4n) is 2.36. The number of hydrogen-bond acceptors (Lipinski definition) is 1. The molecule has 2 atom stereocenters. The molecule has 16 heavy (non-hydrogen) atoms. The van der Waals surface area contributed by atoms with Crippen LogP contribution in [-0.2, 0) is 0 Å². The number of rotatable bonds is 4. The van der Waals surface area contributed by atoms with Crippen molar-refractivity contribution >= 4 is 6.98 Å². The van der Waals surface area contributed by atoms with Gasteiger partial charge in [-0.05, 0) is 32.4 Å². The lowest BCUT2D eigenvalue weighted by molar-refractivity contribution is 0.175. The number of hydrogen-bond donors (Lipinski definition) is 0. The molecule has 0 bridgehead atoms. The number of likely N-dealkylation sites (N-methyl/N-ethyl adjacent to an activating group) is 1. The van der Waals surface area contributed by atoms with Crippen molar-refractivity contribution in [2.75, 3.05) is 13.6 Å². The summed E-state index contributed by atoms with van der Waals surface area (Å²) in [5, 5.41) is 0. The van der Waals surface area contributed by atoms with Crippen LogP contribution < -0.4 is 0 Å². The maximum Gasteiger partial charge on any atom is 0.506 e. The van der Waals surface area contributed by atoms with Crippen molar-refractivity contribution < 1.29 is 12.9 Å². The SMILES string of the molecule is C=C(CN(C)C1CCCC(C)C1)[B-](F)(F)F. The van der Waals surface area contributed by atoms with E-state index in [-0.39, 0.29) is 6.54 Å². The van der Waals surface area contributed by atoms with Gasteiger partial charge in [-0.3, -0.25) is 0 Å². The summed E-state index contributed by atoms with van der Waals surface area (Å²) in [6, 6.07) is 0.290. The van der Waals surface area contributed by atoms with Gasteiger partial charge in [-0.25, -0.2) is 0 Å². The second-order valence-corrected chi connectivity index (χ2v) is 5.07. The van der Waals surface area contributed by atoms with Crippen molar-refractivity contribution in [2.24, 2.45) is 5.92 Å². The maximum atomic E-state index is 12.4. The van der Waals surface area contributed by atoms with E-state index in [1.54, 1.807) is 7.05 Å². The molecule has 1 aliphatic rings. The molecule has 0 aliphatic heterocycles. The lowest BCUT2D eigenvalue weighted by atomic mass is 9.79. The van der Waals surface area contributed by atoms with E-state index in [1.807, 2.05) is 4.90 Å². The Labute approximate surface area is 95.8 Å². The molecular formula is C11H20BF3N-. The zero-order valence-corrected chi connectivity index (χ0v) is 10.1. The van der Waals surface area contributed by atoms with E-state index in [9.17, 15) is 12.9 Å². The van der Waals surface area contributed by atoms with Crippen molar-refractivity contribution in [3.05, 3.63) is 12.1 Å². The fraction of sp³-hybridized carbons (Fsp3) is 0.818. The normalized spacial score (nSPS) is 27.1. The molecule has 0 aromatic heterocycles. The molecule has 1 aliphatic carbocycles. The number of nitrogens with zero attached hydrogens (tertiary/aromatic N) is 1. The molecule has 0 spiro atoms. The minimum atomic E-state index is -4.88. The van der Waals surface area contributed by atoms with E-state index in [2.05, 4.69) is 13.5 Å². The molecule has 1 rings (SSSR count). The van der Waals surface area contributed by atoms with Gasteiger partial charge in [0.25, 0.3) is 0 Å². The molecule has 2 unspecified atom stereocenters. The second kappa shape index (κ2) is 5.26. The topological polar surface area (TPSA) is 3.24 Å². The molecule has 0 heterocycles. The third-order valence-electron chi connectivity index (χ3n) is 3.45. The van der Waals surface area contributed by atoms with Crippen molar-refractivity contribution in [3.8, 4) is 0 Å². The second-order valence-electron chi connectivity index (χ2n) is 5.07. The summed E-state index contributed by atoms with van der Waals surface area (Å²) in [6.07, 6.45) is 4.35. The Morgan fingerprint density at radius 2 is 2.00 bits per heavy atom. The van der Waals surface area contributed by atoms with Gasteiger partial charge in [0.2, 0.25) is 0 Å². The Morgan fingerprint density at radius 3 is 2.50 bits per heavy atom. The molecule has 1 saturated carbocycles. The first-order valence-electron chi connectivity index (χ1n) is 5.88. The molecular weight excluding hydrogens is 214 g/mol. The van der Waals surface area contributed by atoms with Gasteiger partial charge in [-0.1, -0.05) is 19.8 Å². The summed E-state index contributed by atoms with van der Waals surface area (Å²) < 4.78 is 37.2. The molecule has 5 heteroatoms. The Morgan fingerprint density at radius 1 is 1.38 bits per heavy atom. The van der Waals surface area contributed by atoms with Gasteiger partial charge in [0, 0.05) is 6.04 Å². The van der Waals surface area contributed by atoms with Gasteiger partial charge in [-0.15, -0.1) is 12.1 Å². The van der Waals surface area contributed by atoms with E-state index < -0.39 is 12.4 Å². The molecule has 0 N–H and O–H groups in total. The summed E-state index contributed by atoms with van der Waals surface area (Å²) in [4.78, 5) is 1.81. The van der Waals surface area contributed by atoms with Crippen LogP contribution in [0.2, 0.25) is 0 Å². The molecule has 0 aromatic carbocycles. The molecule has 1 nitrogen and oxygen atoms in total. The smallest absolute Gasteiger partial charge is 0.445 e. The van der Waals surface area contributed by atoms with Crippen molar-refractivity contribution in [2.45, 2.75) is 38.6 Å². The lowest BCUT2D eigenvalue weighted by Crippen LogP contribution is -2.39. The van der Waals surface area contributed by atoms with Crippen LogP contribution in [0.15, 0.2) is 12.1 Å². The van der Waals surface area contributed by atoms with Gasteiger partial charge in [0.1, 0.15) is 0 Å². The quantitative estimate of drug-likeness (QED) is 0.673. The average Bonchev–Trinajstić information content (AvgIpc) is 2.16. The van der Waals surface area contributed by atoms with Gasteiger partial charge < -0.3 is 17.8 Å². The average molecular weight is 234 g/mol. The predicted octanol–water partition coefficient (Wildman–Crippen LogP) is 3.44. The standard InChI is InChI=1S/C11H20BF3N/c1-9-5-4-6-11(7-9)16(3)8-10(2)12(13,14)15/h9,11H,2,4-8H2,1,3H3/q-1. The first-order chi connectivity index (χ1) is 7.30. The van der Waals surface area contributed by atoms with Gasteiger partial charge in [-0.2, -0.15) is 0 Å². The Kier molecular flexibility index (Phi) is 4.47. The monoisotopic (exact) mass is 234 g/mol. The Hall–Kier alpha value is -0.445.